The van der Waals surface area contributed by atoms with E-state index in [-0.39, 0.29) is 10.6 Å². The van der Waals surface area contributed by atoms with Gasteiger partial charge in [0.25, 0.3) is 5.91 Å². The summed E-state index contributed by atoms with van der Waals surface area (Å²) in [6.45, 7) is 2.72. The molecule has 0 unspecified atom stereocenters. The van der Waals surface area contributed by atoms with Crippen molar-refractivity contribution >= 4 is 37.3 Å². The number of rotatable bonds is 10. The number of ether oxygens (including phenoxy) is 2. The Morgan fingerprint density at radius 3 is 2.26 bits per heavy atom. The number of sulfonamides is 2. The lowest BCUT2D eigenvalue weighted by atomic mass is 10.2. The molecule has 0 bridgehead atoms. The van der Waals surface area contributed by atoms with E-state index in [1.807, 2.05) is 0 Å². The third-order valence-electron chi connectivity index (χ3n) is 5.77. The number of methoxy groups -OCH3 is 1. The minimum atomic E-state index is -3.67. The molecule has 1 aliphatic heterocycles. The fourth-order valence-corrected chi connectivity index (χ4v) is 5.70. The standard InChI is InChI=1S/C23H31N3O7S2/c1-5-21(33-18-10-8-17(9-11-18)25(2)34(4,28)29)23(27)24-20-16-19(12-13-22(20)32-3)35(30,31)26-14-6-7-15-26/h8-13,16,21H,5-7,14-15H2,1-4H3,(H,24,27)/t21-/m0/s1. The number of nitrogens with one attached hydrogen (secondary N) is 1. The molecule has 0 radical (unpaired) electrons. The van der Waals surface area contributed by atoms with Gasteiger partial charge in [-0.2, -0.15) is 4.31 Å². The molecule has 0 aromatic heterocycles. The molecule has 192 valence electrons. The fourth-order valence-electron chi connectivity index (χ4n) is 3.65. The summed E-state index contributed by atoms with van der Waals surface area (Å²) >= 11 is 0. The zero-order valence-electron chi connectivity index (χ0n) is 20.2. The average Bonchev–Trinajstić information content (AvgIpc) is 3.38. The van der Waals surface area contributed by atoms with Crippen LogP contribution in [0.15, 0.2) is 47.4 Å². The Kier molecular flexibility index (Phi) is 8.29. The molecule has 1 amide bonds. The van der Waals surface area contributed by atoms with E-state index in [0.717, 1.165) is 23.4 Å². The Bertz CT molecular complexity index is 1260. The van der Waals surface area contributed by atoms with Crippen molar-refractivity contribution in [1.29, 1.82) is 0 Å². The fraction of sp³-hybridized carbons (Fsp3) is 0.435. The molecule has 2 aromatic rings. The summed E-state index contributed by atoms with van der Waals surface area (Å²) in [7, 11) is -4.19. The Morgan fingerprint density at radius 1 is 1.09 bits per heavy atom. The normalized spacial score (nSPS) is 15.4. The Morgan fingerprint density at radius 2 is 1.71 bits per heavy atom. The maximum absolute atomic E-state index is 13.0. The first kappa shape index (κ1) is 26.8. The van der Waals surface area contributed by atoms with Crippen LogP contribution in [0.4, 0.5) is 11.4 Å². The van der Waals surface area contributed by atoms with Crippen LogP contribution in [0.25, 0.3) is 0 Å². The number of carbonyl (C=O) groups excluding carboxylic acids is 1. The largest absolute Gasteiger partial charge is 0.495 e. The van der Waals surface area contributed by atoms with Gasteiger partial charge in [-0.3, -0.25) is 9.10 Å². The molecule has 1 N–H and O–H groups in total. The second-order valence-electron chi connectivity index (χ2n) is 8.20. The number of nitrogens with zero attached hydrogens (tertiary/aromatic N) is 2. The smallest absolute Gasteiger partial charge is 0.265 e. The van der Waals surface area contributed by atoms with E-state index in [9.17, 15) is 21.6 Å². The van der Waals surface area contributed by atoms with Gasteiger partial charge in [-0.05, 0) is 61.7 Å². The monoisotopic (exact) mass is 525 g/mol. The summed E-state index contributed by atoms with van der Waals surface area (Å²) in [6, 6.07) is 10.7. The average molecular weight is 526 g/mol. The van der Waals surface area contributed by atoms with Crippen molar-refractivity contribution in [2.24, 2.45) is 0 Å². The second-order valence-corrected chi connectivity index (χ2v) is 12.2. The van der Waals surface area contributed by atoms with Crippen LogP contribution in [-0.2, 0) is 24.8 Å². The molecule has 35 heavy (non-hydrogen) atoms. The van der Waals surface area contributed by atoms with Gasteiger partial charge >= 0.3 is 0 Å². The first-order valence-corrected chi connectivity index (χ1v) is 14.5. The predicted octanol–water partition coefficient (Wildman–Crippen LogP) is 2.67. The lowest BCUT2D eigenvalue weighted by Gasteiger charge is -2.21. The molecule has 1 fully saturated rings. The molecule has 12 heteroatoms. The van der Waals surface area contributed by atoms with E-state index >= 15 is 0 Å². The molecule has 1 aliphatic rings. The first-order chi connectivity index (χ1) is 16.5. The lowest BCUT2D eigenvalue weighted by Crippen LogP contribution is -2.33. The van der Waals surface area contributed by atoms with Gasteiger partial charge in [0, 0.05) is 20.1 Å². The van der Waals surface area contributed by atoms with Crippen molar-refractivity contribution in [3.63, 3.8) is 0 Å². The number of hydrogen-bond acceptors (Lipinski definition) is 7. The Balaban J connectivity index is 1.77. The highest BCUT2D eigenvalue weighted by Crippen LogP contribution is 2.30. The predicted molar refractivity (Wildman–Crippen MR) is 134 cm³/mol. The zero-order chi connectivity index (χ0) is 25.8. The van der Waals surface area contributed by atoms with Gasteiger partial charge in [0.1, 0.15) is 11.5 Å². The van der Waals surface area contributed by atoms with E-state index in [2.05, 4.69) is 5.32 Å². The summed E-state index contributed by atoms with van der Waals surface area (Å²) in [6.07, 6.45) is 2.21. The van der Waals surface area contributed by atoms with E-state index in [0.29, 0.717) is 36.7 Å². The van der Waals surface area contributed by atoms with E-state index in [4.69, 9.17) is 9.47 Å². The number of hydrogen-bond donors (Lipinski definition) is 1. The van der Waals surface area contributed by atoms with Gasteiger partial charge in [-0.15, -0.1) is 0 Å². The summed E-state index contributed by atoms with van der Waals surface area (Å²) in [4.78, 5) is 13.1. The number of carbonyl (C=O) groups is 1. The first-order valence-electron chi connectivity index (χ1n) is 11.2. The van der Waals surface area contributed by atoms with Crippen molar-refractivity contribution in [3.05, 3.63) is 42.5 Å². The molecule has 3 rings (SSSR count). The van der Waals surface area contributed by atoms with E-state index in [1.165, 1.54) is 36.7 Å². The third kappa shape index (κ3) is 6.24. The second kappa shape index (κ2) is 10.8. The van der Waals surface area contributed by atoms with Gasteiger partial charge in [-0.1, -0.05) is 6.92 Å². The highest BCUT2D eigenvalue weighted by Gasteiger charge is 2.28. The van der Waals surface area contributed by atoms with Gasteiger partial charge in [0.15, 0.2) is 6.10 Å². The topological polar surface area (TPSA) is 122 Å². The van der Waals surface area contributed by atoms with E-state index in [1.54, 1.807) is 31.2 Å². The minimum absolute atomic E-state index is 0.0788. The maximum Gasteiger partial charge on any atom is 0.265 e. The molecule has 1 heterocycles. The molecule has 1 atom stereocenters. The minimum Gasteiger partial charge on any atom is -0.495 e. The van der Waals surface area contributed by atoms with Crippen LogP contribution in [0.2, 0.25) is 0 Å². The van der Waals surface area contributed by atoms with Crippen LogP contribution < -0.4 is 19.1 Å². The molecule has 10 nitrogen and oxygen atoms in total. The number of anilines is 2. The summed E-state index contributed by atoms with van der Waals surface area (Å²) in [5, 5.41) is 2.73. The van der Waals surface area contributed by atoms with E-state index < -0.39 is 32.1 Å². The lowest BCUT2D eigenvalue weighted by molar-refractivity contribution is -0.122. The molecule has 0 saturated carbocycles. The molecule has 0 aliphatic carbocycles. The van der Waals surface area contributed by atoms with Crippen molar-refractivity contribution in [2.45, 2.75) is 37.2 Å². The van der Waals surface area contributed by atoms with Crippen LogP contribution in [0.5, 0.6) is 11.5 Å². The maximum atomic E-state index is 13.0. The number of amides is 1. The van der Waals surface area contributed by atoms with Crippen LogP contribution in [-0.4, -0.2) is 66.7 Å². The molecular weight excluding hydrogens is 494 g/mol. The van der Waals surface area contributed by atoms with Crippen molar-refractivity contribution in [3.8, 4) is 11.5 Å². The van der Waals surface area contributed by atoms with Gasteiger partial charge in [0.2, 0.25) is 20.0 Å². The Hall–Kier alpha value is -2.83. The van der Waals surface area contributed by atoms with Crippen molar-refractivity contribution < 1.29 is 31.1 Å². The third-order valence-corrected chi connectivity index (χ3v) is 8.87. The SMILES string of the molecule is CC[C@H](Oc1ccc(N(C)S(C)(=O)=O)cc1)C(=O)Nc1cc(S(=O)(=O)N2CCCC2)ccc1OC. The summed E-state index contributed by atoms with van der Waals surface area (Å²) < 4.78 is 63.0. The van der Waals surface area contributed by atoms with Gasteiger partial charge in [-0.25, -0.2) is 16.8 Å². The molecule has 1 saturated heterocycles. The molecule has 0 spiro atoms. The van der Waals surface area contributed by atoms with Crippen molar-refractivity contribution in [1.82, 2.24) is 4.31 Å². The van der Waals surface area contributed by atoms with Crippen LogP contribution in [0.3, 0.4) is 0 Å². The van der Waals surface area contributed by atoms with Crippen molar-refractivity contribution in [2.75, 3.05) is 43.1 Å². The summed E-state index contributed by atoms with van der Waals surface area (Å²) in [5.41, 5.74) is 0.683. The highest BCUT2D eigenvalue weighted by molar-refractivity contribution is 7.92. The Labute approximate surface area is 206 Å². The van der Waals surface area contributed by atoms with Crippen LogP contribution in [0, 0.1) is 0 Å². The van der Waals surface area contributed by atoms with Gasteiger partial charge < -0.3 is 14.8 Å². The van der Waals surface area contributed by atoms with Crippen LogP contribution in [0.1, 0.15) is 26.2 Å². The quantitative estimate of drug-likeness (QED) is 0.506. The zero-order valence-corrected chi connectivity index (χ0v) is 21.9. The highest BCUT2D eigenvalue weighted by atomic mass is 32.2. The molecule has 2 aromatic carbocycles. The summed E-state index contributed by atoms with van der Waals surface area (Å²) in [5.74, 6) is 0.232. The number of benzene rings is 2. The van der Waals surface area contributed by atoms with Crippen LogP contribution >= 0.6 is 0 Å². The molecular formula is C23H31N3O7S2. The van der Waals surface area contributed by atoms with Gasteiger partial charge in [0.05, 0.1) is 29.6 Å².